The number of aliphatic carboxylic acids is 1. The number of carboxylic acid groups (broad SMARTS) is 1. The van der Waals surface area contributed by atoms with Gasteiger partial charge >= 0.3 is 5.97 Å². The molecule has 0 radical (unpaired) electrons. The van der Waals surface area contributed by atoms with Gasteiger partial charge in [0.2, 0.25) is 11.8 Å². The summed E-state index contributed by atoms with van der Waals surface area (Å²) in [5.74, 6) is -1.86. The molecule has 90 valence electrons. The van der Waals surface area contributed by atoms with Crippen molar-refractivity contribution in [3.8, 4) is 0 Å². The first-order valence-corrected chi connectivity index (χ1v) is 5.24. The molecule has 0 bridgehead atoms. The standard InChI is InChI=1S/C10H16N2O4/c1-5(2)8(10(15)16)11-6-3-4-7(13)12-9(6)14/h5-6,8,11H,3-4H2,1-2H3,(H,15,16)(H,12,13,14). The largest absolute Gasteiger partial charge is 0.480 e. The second-order valence-corrected chi connectivity index (χ2v) is 4.23. The summed E-state index contributed by atoms with van der Waals surface area (Å²) in [4.78, 5) is 33.2. The van der Waals surface area contributed by atoms with Crippen molar-refractivity contribution in [1.29, 1.82) is 0 Å². The van der Waals surface area contributed by atoms with Crippen LogP contribution in [-0.4, -0.2) is 35.0 Å². The van der Waals surface area contributed by atoms with Crippen molar-refractivity contribution in [3.63, 3.8) is 0 Å². The number of rotatable bonds is 4. The molecule has 0 saturated carbocycles. The van der Waals surface area contributed by atoms with E-state index < -0.39 is 24.0 Å². The number of carboxylic acids is 1. The van der Waals surface area contributed by atoms with Gasteiger partial charge in [-0.25, -0.2) is 0 Å². The molecule has 6 heteroatoms. The highest BCUT2D eigenvalue weighted by Crippen LogP contribution is 2.09. The molecule has 16 heavy (non-hydrogen) atoms. The monoisotopic (exact) mass is 228 g/mol. The molecule has 1 aliphatic rings. The molecular weight excluding hydrogens is 212 g/mol. The van der Waals surface area contributed by atoms with E-state index in [1.54, 1.807) is 13.8 Å². The van der Waals surface area contributed by atoms with E-state index in [4.69, 9.17) is 5.11 Å². The maximum Gasteiger partial charge on any atom is 0.320 e. The van der Waals surface area contributed by atoms with Gasteiger partial charge in [0, 0.05) is 6.42 Å². The van der Waals surface area contributed by atoms with Gasteiger partial charge in [-0.1, -0.05) is 13.8 Å². The van der Waals surface area contributed by atoms with Gasteiger partial charge in [0.15, 0.2) is 0 Å². The number of nitrogens with one attached hydrogen (secondary N) is 2. The first-order valence-electron chi connectivity index (χ1n) is 5.24. The van der Waals surface area contributed by atoms with E-state index in [1.807, 2.05) is 0 Å². The zero-order chi connectivity index (χ0) is 12.3. The van der Waals surface area contributed by atoms with Crippen LogP contribution in [0.25, 0.3) is 0 Å². The first kappa shape index (κ1) is 12.6. The normalized spacial score (nSPS) is 23.1. The van der Waals surface area contributed by atoms with E-state index in [0.717, 1.165) is 0 Å². The Bertz CT molecular complexity index is 314. The number of amides is 2. The maximum atomic E-state index is 11.4. The Morgan fingerprint density at radius 3 is 2.56 bits per heavy atom. The molecule has 3 N–H and O–H groups in total. The summed E-state index contributed by atoms with van der Waals surface area (Å²) in [5, 5.41) is 13.9. The minimum absolute atomic E-state index is 0.122. The second-order valence-electron chi connectivity index (χ2n) is 4.23. The fourth-order valence-electron chi connectivity index (χ4n) is 1.62. The van der Waals surface area contributed by atoms with Crippen molar-refractivity contribution in [2.45, 2.75) is 38.8 Å². The van der Waals surface area contributed by atoms with Gasteiger partial charge in [-0.3, -0.25) is 25.0 Å². The molecule has 6 nitrogen and oxygen atoms in total. The number of imide groups is 1. The summed E-state index contributed by atoms with van der Waals surface area (Å²) in [7, 11) is 0. The van der Waals surface area contributed by atoms with Crippen molar-refractivity contribution < 1.29 is 19.5 Å². The Labute approximate surface area is 93.4 Å². The van der Waals surface area contributed by atoms with Crippen LogP contribution >= 0.6 is 0 Å². The zero-order valence-electron chi connectivity index (χ0n) is 9.32. The van der Waals surface area contributed by atoms with Crippen LogP contribution in [0.15, 0.2) is 0 Å². The van der Waals surface area contributed by atoms with Crippen LogP contribution in [0.1, 0.15) is 26.7 Å². The number of carbonyl (C=O) groups excluding carboxylic acids is 2. The topological polar surface area (TPSA) is 95.5 Å². The average molecular weight is 228 g/mol. The fraction of sp³-hybridized carbons (Fsp3) is 0.700. The van der Waals surface area contributed by atoms with Crippen LogP contribution in [0, 0.1) is 5.92 Å². The lowest BCUT2D eigenvalue weighted by Gasteiger charge is -2.27. The Balaban J connectivity index is 2.61. The third kappa shape index (κ3) is 3.03. The highest BCUT2D eigenvalue weighted by atomic mass is 16.4. The van der Waals surface area contributed by atoms with Gasteiger partial charge in [-0.2, -0.15) is 0 Å². The summed E-state index contributed by atoms with van der Waals surface area (Å²) in [6.07, 6.45) is 0.592. The van der Waals surface area contributed by atoms with Crippen LogP contribution in [0.2, 0.25) is 0 Å². The molecule has 2 atom stereocenters. The lowest BCUT2D eigenvalue weighted by atomic mass is 10.00. The van der Waals surface area contributed by atoms with Crippen molar-refractivity contribution in [2.24, 2.45) is 5.92 Å². The van der Waals surface area contributed by atoms with Gasteiger partial charge in [0.05, 0.1) is 6.04 Å². The molecular formula is C10H16N2O4. The number of piperidine rings is 1. The highest BCUT2D eigenvalue weighted by Gasteiger charge is 2.31. The lowest BCUT2D eigenvalue weighted by Crippen LogP contribution is -2.56. The molecule has 0 aromatic heterocycles. The van der Waals surface area contributed by atoms with Gasteiger partial charge in [0.1, 0.15) is 6.04 Å². The smallest absolute Gasteiger partial charge is 0.320 e. The third-order valence-corrected chi connectivity index (χ3v) is 2.55. The predicted molar refractivity (Wildman–Crippen MR) is 55.6 cm³/mol. The number of carbonyl (C=O) groups is 3. The summed E-state index contributed by atoms with van der Waals surface area (Å²) >= 11 is 0. The predicted octanol–water partition coefficient (Wildman–Crippen LogP) is -0.510. The Morgan fingerprint density at radius 2 is 2.12 bits per heavy atom. The molecule has 2 amide bonds. The fourth-order valence-corrected chi connectivity index (χ4v) is 1.62. The summed E-state index contributed by atoms with van der Waals surface area (Å²) in [5.41, 5.74) is 0. The second kappa shape index (κ2) is 5.07. The summed E-state index contributed by atoms with van der Waals surface area (Å²) in [6.45, 7) is 3.52. The highest BCUT2D eigenvalue weighted by molar-refractivity contribution is 6.00. The molecule has 0 aromatic rings. The number of hydrogen-bond donors (Lipinski definition) is 3. The van der Waals surface area contributed by atoms with E-state index in [2.05, 4.69) is 10.6 Å². The van der Waals surface area contributed by atoms with Crippen LogP contribution in [0.4, 0.5) is 0 Å². The van der Waals surface area contributed by atoms with Crippen LogP contribution in [-0.2, 0) is 14.4 Å². The van der Waals surface area contributed by atoms with Crippen molar-refractivity contribution in [3.05, 3.63) is 0 Å². The van der Waals surface area contributed by atoms with E-state index >= 15 is 0 Å². The Hall–Kier alpha value is -1.43. The van der Waals surface area contributed by atoms with Crippen LogP contribution in [0.5, 0.6) is 0 Å². The molecule has 1 saturated heterocycles. The van der Waals surface area contributed by atoms with Crippen molar-refractivity contribution >= 4 is 17.8 Å². The van der Waals surface area contributed by atoms with Crippen LogP contribution < -0.4 is 10.6 Å². The molecule has 1 aliphatic heterocycles. The molecule has 2 unspecified atom stereocenters. The van der Waals surface area contributed by atoms with Crippen molar-refractivity contribution in [2.75, 3.05) is 0 Å². The van der Waals surface area contributed by atoms with Gasteiger partial charge in [-0.15, -0.1) is 0 Å². The van der Waals surface area contributed by atoms with E-state index in [-0.39, 0.29) is 18.2 Å². The first-order chi connectivity index (χ1) is 7.41. The van der Waals surface area contributed by atoms with Crippen LogP contribution in [0.3, 0.4) is 0 Å². The maximum absolute atomic E-state index is 11.4. The number of hydrogen-bond acceptors (Lipinski definition) is 4. The van der Waals surface area contributed by atoms with E-state index in [9.17, 15) is 14.4 Å². The minimum Gasteiger partial charge on any atom is -0.480 e. The average Bonchev–Trinajstić information content (AvgIpc) is 2.15. The quantitative estimate of drug-likeness (QED) is 0.563. The zero-order valence-corrected chi connectivity index (χ0v) is 9.32. The molecule has 1 rings (SSSR count). The van der Waals surface area contributed by atoms with Gasteiger partial charge < -0.3 is 5.11 Å². The minimum atomic E-state index is -0.986. The van der Waals surface area contributed by atoms with Gasteiger partial charge in [0.25, 0.3) is 0 Å². The SMILES string of the molecule is CC(C)C(NC1CCC(=O)NC1=O)C(=O)O. The third-order valence-electron chi connectivity index (χ3n) is 2.55. The lowest BCUT2D eigenvalue weighted by molar-refractivity contribution is -0.141. The van der Waals surface area contributed by atoms with E-state index in [0.29, 0.717) is 6.42 Å². The molecule has 0 spiro atoms. The van der Waals surface area contributed by atoms with Crippen molar-refractivity contribution in [1.82, 2.24) is 10.6 Å². The molecule has 0 aliphatic carbocycles. The Kier molecular flexibility index (Phi) is 4.00. The van der Waals surface area contributed by atoms with Gasteiger partial charge in [-0.05, 0) is 12.3 Å². The summed E-state index contributed by atoms with van der Waals surface area (Å²) < 4.78 is 0. The Morgan fingerprint density at radius 1 is 1.50 bits per heavy atom. The molecule has 0 aromatic carbocycles. The summed E-state index contributed by atoms with van der Waals surface area (Å²) in [6, 6.07) is -1.37. The van der Waals surface area contributed by atoms with E-state index in [1.165, 1.54) is 0 Å². The molecule has 1 fully saturated rings. The molecule has 1 heterocycles.